The zero-order valence-corrected chi connectivity index (χ0v) is 21.3. The maximum atomic E-state index is 9.84. The second kappa shape index (κ2) is 17.4. The van der Waals surface area contributed by atoms with Crippen molar-refractivity contribution in [3.05, 3.63) is 70.8 Å². The van der Waals surface area contributed by atoms with Gasteiger partial charge in [-0.1, -0.05) is 132 Å². The van der Waals surface area contributed by atoms with Crippen LogP contribution in [0.4, 0.5) is 0 Å². The molecule has 2 rings (SSSR count). The highest BCUT2D eigenvalue weighted by Crippen LogP contribution is 2.20. The fourth-order valence-electron chi connectivity index (χ4n) is 4.64. The molecule has 0 heterocycles. The van der Waals surface area contributed by atoms with Gasteiger partial charge in [0.15, 0.2) is 0 Å². The number of hydrogen-bond donors (Lipinski definition) is 1. The van der Waals surface area contributed by atoms with Crippen molar-refractivity contribution in [3.63, 3.8) is 0 Å². The number of aryl methyl sites for hydroxylation is 2. The zero-order valence-electron chi connectivity index (χ0n) is 21.3. The summed E-state index contributed by atoms with van der Waals surface area (Å²) < 4.78 is 0. The summed E-state index contributed by atoms with van der Waals surface area (Å²) in [7, 11) is 0. The minimum atomic E-state index is 0.679. The molecule has 0 spiro atoms. The van der Waals surface area contributed by atoms with Crippen molar-refractivity contribution in [2.24, 2.45) is 5.16 Å². The molecule has 0 aliphatic carbocycles. The molecule has 2 aromatic carbocycles. The van der Waals surface area contributed by atoms with E-state index in [9.17, 15) is 5.21 Å². The van der Waals surface area contributed by atoms with Crippen LogP contribution in [0, 0.1) is 0 Å². The normalized spacial score (nSPS) is 11.8. The molecule has 182 valence electrons. The lowest BCUT2D eigenvalue weighted by atomic mass is 9.93. The Morgan fingerprint density at radius 2 is 1.03 bits per heavy atom. The average Bonchev–Trinajstić information content (AvgIpc) is 2.84. The minimum absolute atomic E-state index is 0.679. The summed E-state index contributed by atoms with van der Waals surface area (Å²) in [6.07, 6.45) is 20.8. The Morgan fingerprint density at radius 1 is 0.576 bits per heavy atom. The van der Waals surface area contributed by atoms with Crippen molar-refractivity contribution in [1.29, 1.82) is 0 Å². The molecule has 0 fully saturated rings. The van der Waals surface area contributed by atoms with Crippen molar-refractivity contribution in [1.82, 2.24) is 0 Å². The van der Waals surface area contributed by atoms with Crippen LogP contribution in [0.15, 0.2) is 53.7 Å². The Balaban J connectivity index is 2.01. The maximum Gasteiger partial charge on any atom is 0.117 e. The van der Waals surface area contributed by atoms with Crippen LogP contribution in [0.25, 0.3) is 0 Å². The van der Waals surface area contributed by atoms with Gasteiger partial charge in [-0.2, -0.15) is 0 Å². The number of unbranched alkanes of at least 4 members (excludes halogenated alkanes) is 12. The predicted octanol–water partition coefficient (Wildman–Crippen LogP) is 9.50. The van der Waals surface area contributed by atoms with Crippen LogP contribution >= 0.6 is 0 Å². The second-order valence-corrected chi connectivity index (χ2v) is 9.60. The summed E-state index contributed by atoms with van der Waals surface area (Å²) in [6, 6.07) is 16.9. The summed E-state index contributed by atoms with van der Waals surface area (Å²) in [5.41, 5.74) is 5.46. The molecule has 33 heavy (non-hydrogen) atoms. The third-order valence-electron chi connectivity index (χ3n) is 6.61. The molecule has 0 saturated carbocycles. The molecule has 0 aliphatic heterocycles. The van der Waals surface area contributed by atoms with Crippen LogP contribution in [-0.2, 0) is 12.8 Å². The van der Waals surface area contributed by atoms with E-state index < -0.39 is 0 Å². The van der Waals surface area contributed by atoms with E-state index in [0.29, 0.717) is 5.71 Å². The van der Waals surface area contributed by atoms with Crippen LogP contribution in [-0.4, -0.2) is 10.9 Å². The van der Waals surface area contributed by atoms with E-state index in [1.165, 1.54) is 101 Å². The highest BCUT2D eigenvalue weighted by molar-refractivity contribution is 6.12. The van der Waals surface area contributed by atoms with Gasteiger partial charge in [0.05, 0.1) is 0 Å². The highest BCUT2D eigenvalue weighted by atomic mass is 16.4. The largest absolute Gasteiger partial charge is 0.410 e. The van der Waals surface area contributed by atoms with Gasteiger partial charge >= 0.3 is 0 Å². The van der Waals surface area contributed by atoms with Gasteiger partial charge in [-0.15, -0.1) is 0 Å². The third kappa shape index (κ3) is 11.1. The fourth-order valence-corrected chi connectivity index (χ4v) is 4.64. The predicted molar refractivity (Wildman–Crippen MR) is 144 cm³/mol. The van der Waals surface area contributed by atoms with E-state index in [4.69, 9.17) is 0 Å². The lowest BCUT2D eigenvalue weighted by Crippen LogP contribution is -2.06. The number of oxime groups is 1. The SMILES string of the molecule is CCCCCCCCCc1cc(CCCCCCCCC)cc(C(=NO)c2ccccc2)c1. The molecule has 0 amide bonds. The minimum Gasteiger partial charge on any atom is -0.410 e. The van der Waals surface area contributed by atoms with Crippen LogP contribution in [0.1, 0.15) is 126 Å². The number of hydrogen-bond acceptors (Lipinski definition) is 2. The standard InChI is InChI=1S/C31H47NO/c1-3-5-7-9-11-13-16-20-27-24-28(21-17-14-12-10-8-6-4-2)26-30(25-27)31(32-33)29-22-18-15-19-23-29/h15,18-19,22-26,33H,3-14,16-17,20-21H2,1-2H3. The van der Waals surface area contributed by atoms with Gasteiger partial charge in [0, 0.05) is 11.1 Å². The molecule has 0 saturated heterocycles. The number of benzene rings is 2. The van der Waals surface area contributed by atoms with Crippen LogP contribution in [0.2, 0.25) is 0 Å². The van der Waals surface area contributed by atoms with E-state index in [-0.39, 0.29) is 0 Å². The number of nitrogens with zero attached hydrogens (tertiary/aromatic N) is 1. The Labute approximate surface area is 203 Å². The monoisotopic (exact) mass is 449 g/mol. The molecule has 0 aliphatic rings. The Bertz CT molecular complexity index is 745. The molecule has 2 heteroatoms. The molecule has 0 unspecified atom stereocenters. The van der Waals surface area contributed by atoms with Gasteiger partial charge in [-0.25, -0.2) is 0 Å². The van der Waals surface area contributed by atoms with Gasteiger partial charge in [0.2, 0.25) is 0 Å². The zero-order chi connectivity index (χ0) is 23.6. The topological polar surface area (TPSA) is 32.6 Å². The molecular weight excluding hydrogens is 402 g/mol. The van der Waals surface area contributed by atoms with Crippen LogP contribution in [0.5, 0.6) is 0 Å². The van der Waals surface area contributed by atoms with E-state index in [1.54, 1.807) is 0 Å². The van der Waals surface area contributed by atoms with Crippen LogP contribution in [0.3, 0.4) is 0 Å². The fraction of sp³-hybridized carbons (Fsp3) is 0.581. The van der Waals surface area contributed by atoms with E-state index in [2.05, 4.69) is 37.2 Å². The van der Waals surface area contributed by atoms with Gasteiger partial charge < -0.3 is 5.21 Å². The van der Waals surface area contributed by atoms with Gasteiger partial charge in [-0.05, 0) is 48.9 Å². The molecule has 0 aromatic heterocycles. The summed E-state index contributed by atoms with van der Waals surface area (Å²) >= 11 is 0. The van der Waals surface area contributed by atoms with E-state index in [0.717, 1.165) is 24.0 Å². The molecule has 0 bridgehead atoms. The molecule has 0 radical (unpaired) electrons. The van der Waals surface area contributed by atoms with Gasteiger partial charge in [-0.3, -0.25) is 0 Å². The average molecular weight is 450 g/mol. The Hall–Kier alpha value is -2.09. The van der Waals surface area contributed by atoms with Gasteiger partial charge in [0.1, 0.15) is 5.71 Å². The molecule has 2 aromatic rings. The molecule has 1 N–H and O–H groups in total. The lowest BCUT2D eigenvalue weighted by molar-refractivity contribution is 0.319. The van der Waals surface area contributed by atoms with Crippen molar-refractivity contribution in [2.45, 2.75) is 117 Å². The molecule has 2 nitrogen and oxygen atoms in total. The molecular formula is C31H47NO. The summed E-state index contributed by atoms with van der Waals surface area (Å²) in [4.78, 5) is 0. The first kappa shape index (κ1) is 27.2. The van der Waals surface area contributed by atoms with Gasteiger partial charge in [0.25, 0.3) is 0 Å². The first-order chi connectivity index (χ1) is 16.3. The van der Waals surface area contributed by atoms with Crippen molar-refractivity contribution < 1.29 is 5.21 Å². The Morgan fingerprint density at radius 3 is 1.48 bits per heavy atom. The van der Waals surface area contributed by atoms with Crippen molar-refractivity contribution in [3.8, 4) is 0 Å². The first-order valence-corrected chi connectivity index (χ1v) is 13.7. The van der Waals surface area contributed by atoms with Crippen molar-refractivity contribution in [2.75, 3.05) is 0 Å². The van der Waals surface area contributed by atoms with Crippen LogP contribution < -0.4 is 0 Å². The smallest absolute Gasteiger partial charge is 0.117 e. The quantitative estimate of drug-likeness (QED) is 0.104. The third-order valence-corrected chi connectivity index (χ3v) is 6.61. The molecule has 0 atom stereocenters. The van der Waals surface area contributed by atoms with E-state index in [1.807, 2.05) is 30.3 Å². The lowest BCUT2D eigenvalue weighted by Gasteiger charge is -2.12. The van der Waals surface area contributed by atoms with E-state index >= 15 is 0 Å². The summed E-state index contributed by atoms with van der Waals surface area (Å²) in [5, 5.41) is 13.5. The van der Waals surface area contributed by atoms with Crippen molar-refractivity contribution >= 4 is 5.71 Å². The number of rotatable bonds is 18. The Kier molecular flexibility index (Phi) is 14.3. The second-order valence-electron chi connectivity index (χ2n) is 9.60. The maximum absolute atomic E-state index is 9.84. The highest BCUT2D eigenvalue weighted by Gasteiger charge is 2.11. The summed E-state index contributed by atoms with van der Waals surface area (Å²) in [5.74, 6) is 0. The summed E-state index contributed by atoms with van der Waals surface area (Å²) in [6.45, 7) is 4.55. The first-order valence-electron chi connectivity index (χ1n) is 13.7.